The average molecular weight is 309 g/mol. The molecule has 2 rings (SSSR count). The Morgan fingerprint density at radius 2 is 2.00 bits per heavy atom. The van der Waals surface area contributed by atoms with Crippen molar-refractivity contribution in [1.29, 1.82) is 0 Å². The van der Waals surface area contributed by atoms with E-state index in [1.807, 2.05) is 6.07 Å². The molecule has 1 heterocycles. The molecule has 0 saturated carbocycles. The molecule has 0 aliphatic carbocycles. The van der Waals surface area contributed by atoms with E-state index in [1.54, 1.807) is 0 Å². The lowest BCUT2D eigenvalue weighted by Gasteiger charge is -2.32. The molecule has 118 valence electrons. The fraction of sp³-hybridized carbons (Fsp3) is 0.667. The molecule has 1 aromatic rings. The van der Waals surface area contributed by atoms with E-state index < -0.39 is 0 Å². The Balaban J connectivity index is 2.24. The van der Waals surface area contributed by atoms with E-state index in [2.05, 4.69) is 50.0 Å². The Morgan fingerprint density at radius 1 is 1.24 bits per heavy atom. The molecule has 0 aromatic heterocycles. The van der Waals surface area contributed by atoms with E-state index in [9.17, 15) is 0 Å². The summed E-state index contributed by atoms with van der Waals surface area (Å²) < 4.78 is 0. The van der Waals surface area contributed by atoms with E-state index in [0.717, 1.165) is 18.1 Å². The predicted molar refractivity (Wildman–Crippen MR) is 93.3 cm³/mol. The maximum Gasteiger partial charge on any atom is 0.0415 e. The summed E-state index contributed by atoms with van der Waals surface area (Å²) in [6.07, 6.45) is 5.28. The molecule has 1 N–H and O–H groups in total. The SMILES string of the molecule is CC1CCCCCN1c1ccc(Cl)cc1CNC(C)(C)C. The smallest absolute Gasteiger partial charge is 0.0415 e. The predicted octanol–water partition coefficient (Wildman–Crippen LogP) is 5.00. The van der Waals surface area contributed by atoms with Gasteiger partial charge in [-0.25, -0.2) is 0 Å². The minimum absolute atomic E-state index is 0.115. The number of hydrogen-bond acceptors (Lipinski definition) is 2. The van der Waals surface area contributed by atoms with Crippen LogP contribution in [-0.4, -0.2) is 18.1 Å². The van der Waals surface area contributed by atoms with Gasteiger partial charge in [-0.05, 0) is 64.3 Å². The summed E-state index contributed by atoms with van der Waals surface area (Å²) in [6.45, 7) is 11.0. The van der Waals surface area contributed by atoms with E-state index in [0.29, 0.717) is 6.04 Å². The normalized spacial score (nSPS) is 20.4. The number of benzene rings is 1. The van der Waals surface area contributed by atoms with Gasteiger partial charge in [0.2, 0.25) is 0 Å². The first-order valence-corrected chi connectivity index (χ1v) is 8.55. The Morgan fingerprint density at radius 3 is 2.71 bits per heavy atom. The van der Waals surface area contributed by atoms with Crippen LogP contribution in [0.1, 0.15) is 58.9 Å². The van der Waals surface area contributed by atoms with Gasteiger partial charge in [0.15, 0.2) is 0 Å². The van der Waals surface area contributed by atoms with Gasteiger partial charge in [0.1, 0.15) is 0 Å². The number of rotatable bonds is 3. The van der Waals surface area contributed by atoms with Crippen LogP contribution >= 0.6 is 11.6 Å². The third kappa shape index (κ3) is 4.89. The van der Waals surface area contributed by atoms with Crippen LogP contribution < -0.4 is 10.2 Å². The number of anilines is 1. The van der Waals surface area contributed by atoms with Crippen molar-refractivity contribution in [3.05, 3.63) is 28.8 Å². The van der Waals surface area contributed by atoms with Gasteiger partial charge in [-0.15, -0.1) is 0 Å². The van der Waals surface area contributed by atoms with Crippen LogP contribution in [0, 0.1) is 0 Å². The maximum absolute atomic E-state index is 6.23. The second-order valence-electron chi connectivity index (χ2n) is 7.27. The van der Waals surface area contributed by atoms with Crippen LogP contribution in [0.5, 0.6) is 0 Å². The second-order valence-corrected chi connectivity index (χ2v) is 7.70. The minimum Gasteiger partial charge on any atom is -0.369 e. The van der Waals surface area contributed by atoms with Crippen LogP contribution in [0.2, 0.25) is 5.02 Å². The minimum atomic E-state index is 0.115. The van der Waals surface area contributed by atoms with Gasteiger partial charge >= 0.3 is 0 Å². The summed E-state index contributed by atoms with van der Waals surface area (Å²) in [6, 6.07) is 6.95. The maximum atomic E-state index is 6.23. The van der Waals surface area contributed by atoms with Crippen molar-refractivity contribution < 1.29 is 0 Å². The summed E-state index contributed by atoms with van der Waals surface area (Å²) in [5.74, 6) is 0. The molecule has 1 fully saturated rings. The zero-order valence-electron chi connectivity index (χ0n) is 13.9. The van der Waals surface area contributed by atoms with E-state index >= 15 is 0 Å². The Bertz CT molecular complexity index is 465. The summed E-state index contributed by atoms with van der Waals surface area (Å²) in [5, 5.41) is 4.42. The van der Waals surface area contributed by atoms with E-state index in [4.69, 9.17) is 11.6 Å². The average Bonchev–Trinajstić information content (AvgIpc) is 2.61. The van der Waals surface area contributed by atoms with Gasteiger partial charge in [0.25, 0.3) is 0 Å². The lowest BCUT2D eigenvalue weighted by atomic mass is 10.1. The molecule has 0 radical (unpaired) electrons. The van der Waals surface area contributed by atoms with Gasteiger partial charge in [-0.3, -0.25) is 0 Å². The van der Waals surface area contributed by atoms with Crippen molar-refractivity contribution in [2.75, 3.05) is 11.4 Å². The van der Waals surface area contributed by atoms with Crippen LogP contribution in [0.15, 0.2) is 18.2 Å². The number of halogens is 1. The highest BCUT2D eigenvalue weighted by Gasteiger charge is 2.20. The monoisotopic (exact) mass is 308 g/mol. The lowest BCUT2D eigenvalue weighted by Crippen LogP contribution is -2.37. The Kier molecular flexibility index (Phi) is 5.56. The topological polar surface area (TPSA) is 15.3 Å². The Labute approximate surface area is 134 Å². The van der Waals surface area contributed by atoms with Crippen molar-refractivity contribution in [3.63, 3.8) is 0 Å². The first-order valence-electron chi connectivity index (χ1n) is 8.17. The van der Waals surface area contributed by atoms with E-state index in [1.165, 1.54) is 36.9 Å². The molecule has 2 nitrogen and oxygen atoms in total. The standard InChI is InChI=1S/C18H29ClN2/c1-14-8-6-5-7-11-21(14)17-10-9-16(19)12-15(17)13-20-18(2,3)4/h9-10,12,14,20H,5-8,11,13H2,1-4H3. The van der Waals surface area contributed by atoms with Crippen LogP contribution in [-0.2, 0) is 6.54 Å². The third-order valence-electron chi connectivity index (χ3n) is 4.21. The largest absolute Gasteiger partial charge is 0.369 e. The molecular weight excluding hydrogens is 280 g/mol. The second kappa shape index (κ2) is 7.02. The molecule has 3 heteroatoms. The van der Waals surface area contributed by atoms with E-state index in [-0.39, 0.29) is 5.54 Å². The van der Waals surface area contributed by atoms with Gasteiger partial charge < -0.3 is 10.2 Å². The molecule has 21 heavy (non-hydrogen) atoms. The summed E-state index contributed by atoms with van der Waals surface area (Å²) in [5.41, 5.74) is 2.78. The molecule has 1 aliphatic heterocycles. The Hall–Kier alpha value is -0.730. The van der Waals surface area contributed by atoms with Gasteiger partial charge in [0.05, 0.1) is 0 Å². The fourth-order valence-corrected chi connectivity index (χ4v) is 3.16. The molecule has 1 aromatic carbocycles. The zero-order chi connectivity index (χ0) is 15.5. The summed E-state index contributed by atoms with van der Waals surface area (Å²) >= 11 is 6.23. The molecule has 0 bridgehead atoms. The van der Waals surface area contributed by atoms with Crippen LogP contribution in [0.4, 0.5) is 5.69 Å². The fourth-order valence-electron chi connectivity index (χ4n) is 2.97. The number of hydrogen-bond donors (Lipinski definition) is 1. The molecule has 1 unspecified atom stereocenters. The number of nitrogens with one attached hydrogen (secondary N) is 1. The van der Waals surface area contributed by atoms with Crippen LogP contribution in [0.3, 0.4) is 0 Å². The highest BCUT2D eigenvalue weighted by atomic mass is 35.5. The molecule has 1 atom stereocenters. The van der Waals surface area contributed by atoms with Crippen molar-refractivity contribution in [2.24, 2.45) is 0 Å². The van der Waals surface area contributed by atoms with Crippen molar-refractivity contribution in [2.45, 2.75) is 71.5 Å². The first kappa shape index (κ1) is 16.6. The highest BCUT2D eigenvalue weighted by molar-refractivity contribution is 6.30. The van der Waals surface area contributed by atoms with Crippen molar-refractivity contribution in [3.8, 4) is 0 Å². The summed E-state index contributed by atoms with van der Waals surface area (Å²) in [7, 11) is 0. The number of nitrogens with zero attached hydrogens (tertiary/aromatic N) is 1. The highest BCUT2D eigenvalue weighted by Crippen LogP contribution is 2.29. The third-order valence-corrected chi connectivity index (χ3v) is 4.45. The van der Waals surface area contributed by atoms with Crippen LogP contribution in [0.25, 0.3) is 0 Å². The summed E-state index contributed by atoms with van der Waals surface area (Å²) in [4.78, 5) is 2.57. The van der Waals surface area contributed by atoms with Crippen molar-refractivity contribution >= 4 is 17.3 Å². The molecular formula is C18H29ClN2. The van der Waals surface area contributed by atoms with Crippen molar-refractivity contribution in [1.82, 2.24) is 5.32 Å². The zero-order valence-corrected chi connectivity index (χ0v) is 14.6. The van der Waals surface area contributed by atoms with Gasteiger partial charge in [-0.1, -0.05) is 24.4 Å². The molecule has 1 aliphatic rings. The molecule has 0 amide bonds. The molecule has 0 spiro atoms. The van der Waals surface area contributed by atoms with Gasteiger partial charge in [0, 0.05) is 35.4 Å². The first-order chi connectivity index (χ1) is 9.87. The molecule has 1 saturated heterocycles. The quantitative estimate of drug-likeness (QED) is 0.845. The lowest BCUT2D eigenvalue weighted by molar-refractivity contribution is 0.424. The van der Waals surface area contributed by atoms with Gasteiger partial charge in [-0.2, -0.15) is 0 Å².